The minimum atomic E-state index is 0.0347. The molecule has 0 bridgehead atoms. The van der Waals surface area contributed by atoms with Crippen molar-refractivity contribution in [2.75, 3.05) is 0 Å². The number of aromatic nitrogens is 2. The van der Waals surface area contributed by atoms with Crippen molar-refractivity contribution in [2.45, 2.75) is 45.1 Å². The van der Waals surface area contributed by atoms with E-state index in [1.165, 1.54) is 18.5 Å². The first-order valence-corrected chi connectivity index (χ1v) is 5.09. The molecule has 1 fully saturated rings. The lowest BCUT2D eigenvalue weighted by atomic mass is 10.1. The average Bonchev–Trinajstić information content (AvgIpc) is 2.83. The number of terminal acetylenes is 1. The van der Waals surface area contributed by atoms with Gasteiger partial charge in [-0.25, -0.2) is 0 Å². The van der Waals surface area contributed by atoms with Crippen molar-refractivity contribution in [3.63, 3.8) is 0 Å². The molecule has 0 radical (unpaired) electrons. The Labute approximate surface area is 85.3 Å². The largest absolute Gasteiger partial charge is 0.263 e. The summed E-state index contributed by atoms with van der Waals surface area (Å²) in [5, 5.41) is 4.44. The fraction of sp³-hybridized carbons (Fsp3) is 0.583. The molecule has 1 aromatic rings. The molecule has 0 atom stereocenters. The van der Waals surface area contributed by atoms with Crippen LogP contribution in [0.5, 0.6) is 0 Å². The van der Waals surface area contributed by atoms with Crippen LogP contribution in [0.15, 0.2) is 6.07 Å². The molecule has 1 aliphatic rings. The summed E-state index contributed by atoms with van der Waals surface area (Å²) in [6.45, 7) is 6.48. The topological polar surface area (TPSA) is 17.8 Å². The maximum Gasteiger partial charge on any atom is 0.135 e. The molecule has 0 unspecified atom stereocenters. The van der Waals surface area contributed by atoms with Gasteiger partial charge in [-0.3, -0.25) is 4.68 Å². The van der Waals surface area contributed by atoms with E-state index in [1.807, 2.05) is 0 Å². The van der Waals surface area contributed by atoms with E-state index in [0.717, 1.165) is 5.69 Å². The highest BCUT2D eigenvalue weighted by Crippen LogP contribution is 2.41. The summed E-state index contributed by atoms with van der Waals surface area (Å²) in [6, 6.07) is 2.06. The van der Waals surface area contributed by atoms with E-state index in [2.05, 4.69) is 42.5 Å². The van der Waals surface area contributed by atoms with Crippen LogP contribution in [0.25, 0.3) is 0 Å². The maximum absolute atomic E-state index is 5.37. The Kier molecular flexibility index (Phi) is 1.92. The van der Waals surface area contributed by atoms with Crippen LogP contribution in [0, 0.1) is 12.3 Å². The SMILES string of the molecule is C#Cc1cc(C2CC2)n(C(C)(C)C)n1. The fourth-order valence-electron chi connectivity index (χ4n) is 1.67. The molecular formula is C12H16N2. The standard InChI is InChI=1S/C12H16N2/c1-5-10-8-11(9-6-7-9)14(13-10)12(2,3)4/h1,8-9H,6-7H2,2-4H3. The fourth-order valence-corrected chi connectivity index (χ4v) is 1.67. The molecule has 0 aliphatic heterocycles. The van der Waals surface area contributed by atoms with Gasteiger partial charge in [0.15, 0.2) is 0 Å². The Morgan fingerprint density at radius 3 is 2.57 bits per heavy atom. The van der Waals surface area contributed by atoms with Gasteiger partial charge >= 0.3 is 0 Å². The van der Waals surface area contributed by atoms with E-state index in [9.17, 15) is 0 Å². The molecular weight excluding hydrogens is 172 g/mol. The maximum atomic E-state index is 5.37. The minimum Gasteiger partial charge on any atom is -0.263 e. The van der Waals surface area contributed by atoms with Gasteiger partial charge in [-0.05, 0) is 45.6 Å². The van der Waals surface area contributed by atoms with Gasteiger partial charge in [0.05, 0.1) is 5.54 Å². The van der Waals surface area contributed by atoms with Crippen LogP contribution >= 0.6 is 0 Å². The smallest absolute Gasteiger partial charge is 0.135 e. The van der Waals surface area contributed by atoms with Crippen LogP contribution < -0.4 is 0 Å². The predicted octanol–water partition coefficient (Wildman–Crippen LogP) is 2.50. The van der Waals surface area contributed by atoms with E-state index >= 15 is 0 Å². The van der Waals surface area contributed by atoms with Crippen molar-refractivity contribution >= 4 is 0 Å². The van der Waals surface area contributed by atoms with Gasteiger partial charge in [-0.15, -0.1) is 6.42 Å². The number of nitrogens with zero attached hydrogens (tertiary/aromatic N) is 2. The average molecular weight is 188 g/mol. The predicted molar refractivity (Wildman–Crippen MR) is 57.1 cm³/mol. The zero-order valence-electron chi connectivity index (χ0n) is 9.04. The van der Waals surface area contributed by atoms with Crippen LogP contribution in [0.4, 0.5) is 0 Å². The van der Waals surface area contributed by atoms with Crippen LogP contribution in [-0.2, 0) is 5.54 Å². The van der Waals surface area contributed by atoms with Crippen molar-refractivity contribution < 1.29 is 0 Å². The van der Waals surface area contributed by atoms with E-state index in [0.29, 0.717) is 5.92 Å². The van der Waals surface area contributed by atoms with Gasteiger partial charge in [0.1, 0.15) is 5.69 Å². The highest BCUT2D eigenvalue weighted by Gasteiger charge is 2.31. The molecule has 1 aliphatic carbocycles. The number of hydrogen-bond donors (Lipinski definition) is 0. The Balaban J connectivity index is 2.47. The quantitative estimate of drug-likeness (QED) is 0.619. The molecule has 0 amide bonds. The Hall–Kier alpha value is -1.23. The highest BCUT2D eigenvalue weighted by atomic mass is 15.3. The second-order valence-electron chi connectivity index (χ2n) is 4.96. The first-order chi connectivity index (χ1) is 6.52. The zero-order chi connectivity index (χ0) is 10.3. The number of rotatable bonds is 1. The molecule has 1 aromatic heterocycles. The second-order valence-corrected chi connectivity index (χ2v) is 4.96. The van der Waals surface area contributed by atoms with Gasteiger partial charge in [0.2, 0.25) is 0 Å². The Morgan fingerprint density at radius 1 is 1.50 bits per heavy atom. The molecule has 14 heavy (non-hydrogen) atoms. The van der Waals surface area contributed by atoms with E-state index in [4.69, 9.17) is 6.42 Å². The summed E-state index contributed by atoms with van der Waals surface area (Å²) in [7, 11) is 0. The number of hydrogen-bond acceptors (Lipinski definition) is 1. The van der Waals surface area contributed by atoms with Crippen molar-refractivity contribution in [1.82, 2.24) is 9.78 Å². The summed E-state index contributed by atoms with van der Waals surface area (Å²) in [6.07, 6.45) is 7.94. The van der Waals surface area contributed by atoms with Crippen molar-refractivity contribution in [3.8, 4) is 12.3 Å². The van der Waals surface area contributed by atoms with Gasteiger partial charge in [0.25, 0.3) is 0 Å². The van der Waals surface area contributed by atoms with Crippen LogP contribution in [0.2, 0.25) is 0 Å². The second kappa shape index (κ2) is 2.88. The lowest BCUT2D eigenvalue weighted by molar-refractivity contribution is 0.343. The summed E-state index contributed by atoms with van der Waals surface area (Å²) < 4.78 is 2.08. The lowest BCUT2D eigenvalue weighted by Crippen LogP contribution is -2.25. The highest BCUT2D eigenvalue weighted by molar-refractivity contribution is 5.30. The molecule has 0 saturated heterocycles. The normalized spacial score (nSPS) is 16.7. The van der Waals surface area contributed by atoms with Crippen LogP contribution in [0.3, 0.4) is 0 Å². The van der Waals surface area contributed by atoms with Gasteiger partial charge in [0, 0.05) is 11.6 Å². The van der Waals surface area contributed by atoms with Crippen LogP contribution in [-0.4, -0.2) is 9.78 Å². The Morgan fingerprint density at radius 2 is 2.14 bits per heavy atom. The molecule has 0 aromatic carbocycles. The third kappa shape index (κ3) is 1.55. The zero-order valence-corrected chi connectivity index (χ0v) is 9.04. The molecule has 2 nitrogen and oxygen atoms in total. The molecule has 1 saturated carbocycles. The molecule has 0 N–H and O–H groups in total. The first kappa shape index (κ1) is 9.33. The Bertz CT molecular complexity index is 383. The monoisotopic (exact) mass is 188 g/mol. The summed E-state index contributed by atoms with van der Waals surface area (Å²) >= 11 is 0. The van der Waals surface area contributed by atoms with E-state index < -0.39 is 0 Å². The van der Waals surface area contributed by atoms with Crippen molar-refractivity contribution in [3.05, 3.63) is 17.5 Å². The summed E-state index contributed by atoms with van der Waals surface area (Å²) in [5.74, 6) is 3.31. The molecule has 2 rings (SSSR count). The minimum absolute atomic E-state index is 0.0347. The third-order valence-electron chi connectivity index (χ3n) is 2.52. The first-order valence-electron chi connectivity index (χ1n) is 5.09. The summed E-state index contributed by atoms with van der Waals surface area (Å²) in [4.78, 5) is 0. The molecule has 2 heteroatoms. The molecule has 74 valence electrons. The van der Waals surface area contributed by atoms with Crippen molar-refractivity contribution in [2.24, 2.45) is 0 Å². The molecule has 0 spiro atoms. The van der Waals surface area contributed by atoms with E-state index in [-0.39, 0.29) is 5.54 Å². The summed E-state index contributed by atoms with van der Waals surface area (Å²) in [5.41, 5.74) is 2.11. The van der Waals surface area contributed by atoms with Crippen molar-refractivity contribution in [1.29, 1.82) is 0 Å². The van der Waals surface area contributed by atoms with E-state index in [1.54, 1.807) is 0 Å². The van der Waals surface area contributed by atoms with Gasteiger partial charge in [-0.2, -0.15) is 5.10 Å². The lowest BCUT2D eigenvalue weighted by Gasteiger charge is -2.22. The van der Waals surface area contributed by atoms with Gasteiger partial charge in [-0.1, -0.05) is 0 Å². The third-order valence-corrected chi connectivity index (χ3v) is 2.52. The van der Waals surface area contributed by atoms with Gasteiger partial charge < -0.3 is 0 Å². The molecule has 1 heterocycles. The van der Waals surface area contributed by atoms with Crippen LogP contribution in [0.1, 0.15) is 50.9 Å².